The molecule has 82 valence electrons. The molecule has 2 aliphatic rings. The maximum absolute atomic E-state index is 11.5. The van der Waals surface area contributed by atoms with Crippen molar-refractivity contribution in [2.45, 2.75) is 32.7 Å². The Hall–Kier alpha value is -1.25. The van der Waals surface area contributed by atoms with Crippen molar-refractivity contribution in [2.75, 3.05) is 6.54 Å². The highest BCUT2D eigenvalue weighted by atomic mass is 16.2. The van der Waals surface area contributed by atoms with Gasteiger partial charge in [0.25, 0.3) is 0 Å². The van der Waals surface area contributed by atoms with E-state index in [1.54, 1.807) is 0 Å². The van der Waals surface area contributed by atoms with Crippen molar-refractivity contribution in [2.24, 2.45) is 5.41 Å². The third-order valence-corrected chi connectivity index (χ3v) is 3.39. The molecule has 0 spiro atoms. The van der Waals surface area contributed by atoms with Gasteiger partial charge >= 0.3 is 6.03 Å². The molecule has 0 aliphatic heterocycles. The summed E-state index contributed by atoms with van der Waals surface area (Å²) in [6.07, 6.45) is 7.46. The second-order valence-electron chi connectivity index (χ2n) is 4.77. The Balaban J connectivity index is 2.07. The lowest BCUT2D eigenvalue weighted by Gasteiger charge is -2.22. The second kappa shape index (κ2) is 3.12. The summed E-state index contributed by atoms with van der Waals surface area (Å²) in [4.78, 5) is 11.5. The van der Waals surface area contributed by atoms with Crippen molar-refractivity contribution in [1.29, 1.82) is 0 Å². The first-order chi connectivity index (χ1) is 7.01. The van der Waals surface area contributed by atoms with Crippen LogP contribution in [0.4, 0.5) is 4.79 Å². The Kier molecular flexibility index (Phi) is 2.14. The van der Waals surface area contributed by atoms with Crippen LogP contribution in [0.1, 0.15) is 27.2 Å². The molecule has 1 fully saturated rings. The topological polar surface area (TPSA) is 41.1 Å². The van der Waals surface area contributed by atoms with Gasteiger partial charge in [-0.1, -0.05) is 30.7 Å². The van der Waals surface area contributed by atoms with E-state index in [9.17, 15) is 4.79 Å². The molecule has 3 nitrogen and oxygen atoms in total. The highest BCUT2D eigenvalue weighted by Gasteiger charge is 2.63. The fourth-order valence-electron chi connectivity index (χ4n) is 2.42. The quantitative estimate of drug-likeness (QED) is 0.712. The Morgan fingerprint density at radius 2 is 2.33 bits per heavy atom. The zero-order valence-electron chi connectivity index (χ0n) is 9.55. The first-order valence-corrected chi connectivity index (χ1v) is 5.46. The number of hydrogen-bond donors (Lipinski definition) is 2. The van der Waals surface area contributed by atoms with Gasteiger partial charge in [0.1, 0.15) is 0 Å². The summed E-state index contributed by atoms with van der Waals surface area (Å²) < 4.78 is 0. The number of carbonyl (C=O) groups excluding carboxylic acids is 1. The van der Waals surface area contributed by atoms with Crippen LogP contribution in [-0.4, -0.2) is 18.1 Å². The normalized spacial score (nSPS) is 36.6. The van der Waals surface area contributed by atoms with Gasteiger partial charge in [0.2, 0.25) is 0 Å². The molecule has 0 bridgehead atoms. The van der Waals surface area contributed by atoms with Gasteiger partial charge in [-0.3, -0.25) is 0 Å². The van der Waals surface area contributed by atoms with Crippen LogP contribution in [0, 0.1) is 5.41 Å². The van der Waals surface area contributed by atoms with Crippen LogP contribution < -0.4 is 10.6 Å². The summed E-state index contributed by atoms with van der Waals surface area (Å²) in [5, 5.41) is 5.82. The largest absolute Gasteiger partial charge is 0.338 e. The van der Waals surface area contributed by atoms with Gasteiger partial charge in [0.05, 0.1) is 5.54 Å². The van der Waals surface area contributed by atoms with Crippen molar-refractivity contribution >= 4 is 6.03 Å². The summed E-state index contributed by atoms with van der Waals surface area (Å²) in [6, 6.07) is -0.0705. The van der Waals surface area contributed by atoms with Crippen molar-refractivity contribution < 1.29 is 4.79 Å². The Morgan fingerprint density at radius 1 is 1.60 bits per heavy atom. The van der Waals surface area contributed by atoms with Gasteiger partial charge < -0.3 is 10.6 Å². The molecule has 0 aromatic rings. The molecular formula is C12H18N2O. The second-order valence-corrected chi connectivity index (χ2v) is 4.77. The summed E-state index contributed by atoms with van der Waals surface area (Å²) >= 11 is 0. The van der Waals surface area contributed by atoms with E-state index >= 15 is 0 Å². The van der Waals surface area contributed by atoms with Crippen molar-refractivity contribution in [3.63, 3.8) is 0 Å². The fourth-order valence-corrected chi connectivity index (χ4v) is 2.42. The highest BCUT2D eigenvalue weighted by Crippen LogP contribution is 2.60. The van der Waals surface area contributed by atoms with E-state index in [0.29, 0.717) is 6.54 Å². The van der Waals surface area contributed by atoms with E-state index in [0.717, 1.165) is 6.42 Å². The first-order valence-electron chi connectivity index (χ1n) is 5.46. The standard InChI is InChI=1S/C12H18N2O/c1-4-13-10(15)14-12-6-5-9(2)7-11(12,3)8-12/h5-7H,4,8H2,1-3H3,(H2,13,14,15). The molecule has 3 heteroatoms. The molecule has 2 amide bonds. The SMILES string of the molecule is CCNC(=O)NC12C=CC(C)=CC1(C)C2. The number of allylic oxidation sites excluding steroid dienone is 2. The molecule has 1 saturated carbocycles. The predicted molar refractivity (Wildman–Crippen MR) is 60.6 cm³/mol. The molecule has 0 saturated heterocycles. The molecular weight excluding hydrogens is 188 g/mol. The molecule has 0 aromatic heterocycles. The average molecular weight is 206 g/mol. The zero-order valence-corrected chi connectivity index (χ0v) is 9.55. The van der Waals surface area contributed by atoms with E-state index in [-0.39, 0.29) is 17.0 Å². The Bertz CT molecular complexity index is 359. The first kappa shape index (κ1) is 10.3. The van der Waals surface area contributed by atoms with E-state index in [4.69, 9.17) is 0 Å². The number of nitrogens with one attached hydrogen (secondary N) is 2. The van der Waals surface area contributed by atoms with Crippen molar-refractivity contribution in [3.8, 4) is 0 Å². The molecule has 0 radical (unpaired) electrons. The lowest BCUT2D eigenvalue weighted by molar-refractivity contribution is 0.237. The number of fused-ring (bicyclic) bond motifs is 1. The van der Waals surface area contributed by atoms with Crippen LogP contribution in [0.15, 0.2) is 23.8 Å². The zero-order chi connectivity index (χ0) is 11.1. The lowest BCUT2D eigenvalue weighted by Crippen LogP contribution is -2.45. The van der Waals surface area contributed by atoms with Gasteiger partial charge in [-0.25, -0.2) is 4.79 Å². The fraction of sp³-hybridized carbons (Fsp3) is 0.583. The molecule has 15 heavy (non-hydrogen) atoms. The minimum Gasteiger partial charge on any atom is -0.338 e. The van der Waals surface area contributed by atoms with E-state index in [2.05, 4.69) is 42.7 Å². The molecule has 0 heterocycles. The summed E-state index contributed by atoms with van der Waals surface area (Å²) in [6.45, 7) is 6.86. The number of amides is 2. The third-order valence-electron chi connectivity index (χ3n) is 3.39. The van der Waals surface area contributed by atoms with Gasteiger partial charge in [0.15, 0.2) is 0 Å². The van der Waals surface area contributed by atoms with Gasteiger partial charge in [0, 0.05) is 12.0 Å². The van der Waals surface area contributed by atoms with Crippen LogP contribution in [0.25, 0.3) is 0 Å². The Morgan fingerprint density at radius 3 is 2.93 bits per heavy atom. The molecule has 2 rings (SSSR count). The van der Waals surface area contributed by atoms with Crippen LogP contribution >= 0.6 is 0 Å². The Labute approximate surface area is 90.6 Å². The highest BCUT2D eigenvalue weighted by molar-refractivity contribution is 5.76. The maximum atomic E-state index is 11.5. The van der Waals surface area contributed by atoms with E-state index in [1.165, 1.54) is 5.57 Å². The average Bonchev–Trinajstić information content (AvgIpc) is 2.70. The summed E-state index contributed by atoms with van der Waals surface area (Å²) in [5.74, 6) is 0. The summed E-state index contributed by atoms with van der Waals surface area (Å²) in [5.41, 5.74) is 1.27. The molecule has 0 aromatic carbocycles. The smallest absolute Gasteiger partial charge is 0.315 e. The number of carbonyl (C=O) groups is 1. The number of hydrogen-bond acceptors (Lipinski definition) is 1. The number of urea groups is 1. The monoisotopic (exact) mass is 206 g/mol. The van der Waals surface area contributed by atoms with E-state index in [1.807, 2.05) is 6.92 Å². The third kappa shape index (κ3) is 1.56. The molecule has 2 atom stereocenters. The minimum atomic E-state index is -0.133. The molecule has 2 aliphatic carbocycles. The maximum Gasteiger partial charge on any atom is 0.315 e. The molecule has 2 N–H and O–H groups in total. The lowest BCUT2D eigenvalue weighted by atomic mass is 9.93. The van der Waals surface area contributed by atoms with Crippen LogP contribution in [0.5, 0.6) is 0 Å². The van der Waals surface area contributed by atoms with Gasteiger partial charge in [-0.15, -0.1) is 0 Å². The van der Waals surface area contributed by atoms with Crippen LogP contribution in [0.3, 0.4) is 0 Å². The minimum absolute atomic E-state index is 0.0705. The van der Waals surface area contributed by atoms with Crippen LogP contribution in [-0.2, 0) is 0 Å². The summed E-state index contributed by atoms with van der Waals surface area (Å²) in [7, 11) is 0. The predicted octanol–water partition coefficient (Wildman–Crippen LogP) is 1.97. The van der Waals surface area contributed by atoms with Crippen molar-refractivity contribution in [3.05, 3.63) is 23.8 Å². The molecule has 2 unspecified atom stereocenters. The van der Waals surface area contributed by atoms with E-state index < -0.39 is 0 Å². The van der Waals surface area contributed by atoms with Crippen LogP contribution in [0.2, 0.25) is 0 Å². The van der Waals surface area contributed by atoms with Crippen molar-refractivity contribution in [1.82, 2.24) is 10.6 Å². The van der Waals surface area contributed by atoms with Gasteiger partial charge in [-0.05, 0) is 20.3 Å². The number of rotatable bonds is 2. The van der Waals surface area contributed by atoms with Gasteiger partial charge in [-0.2, -0.15) is 0 Å².